The number of nitrogen functional groups attached to an aromatic ring is 1. The first-order chi connectivity index (χ1) is 7.25. The second kappa shape index (κ2) is 5.47. The lowest BCUT2D eigenvalue weighted by Crippen LogP contribution is -2.00. The summed E-state index contributed by atoms with van der Waals surface area (Å²) >= 11 is 0. The van der Waals surface area contributed by atoms with Gasteiger partial charge in [-0.2, -0.15) is 0 Å². The van der Waals surface area contributed by atoms with Crippen molar-refractivity contribution in [2.24, 2.45) is 0 Å². The standard InChI is InChI=1S/C12H14N2O.ClH/c1-9-6-11(13)2-3-12(9)14-7-10-4-5-15-8-10;/h2-6,8,14H,7,13H2,1H3;1H. The molecule has 0 aliphatic rings. The quantitative estimate of drug-likeness (QED) is 0.808. The second-order valence-electron chi connectivity index (χ2n) is 3.56. The summed E-state index contributed by atoms with van der Waals surface area (Å²) in [5, 5.41) is 3.33. The summed E-state index contributed by atoms with van der Waals surface area (Å²) in [7, 11) is 0. The fraction of sp³-hybridized carbons (Fsp3) is 0.167. The van der Waals surface area contributed by atoms with Crippen molar-refractivity contribution in [3.8, 4) is 0 Å². The highest BCUT2D eigenvalue weighted by molar-refractivity contribution is 5.85. The average Bonchev–Trinajstić information content (AvgIpc) is 2.69. The monoisotopic (exact) mass is 238 g/mol. The Labute approximate surface area is 101 Å². The normalized spacial score (nSPS) is 9.56. The summed E-state index contributed by atoms with van der Waals surface area (Å²) in [5.74, 6) is 0. The van der Waals surface area contributed by atoms with Gasteiger partial charge in [-0.3, -0.25) is 0 Å². The third kappa shape index (κ3) is 2.94. The molecule has 0 spiro atoms. The molecular weight excluding hydrogens is 224 g/mol. The lowest BCUT2D eigenvalue weighted by molar-refractivity contribution is 0.564. The van der Waals surface area contributed by atoms with Gasteiger partial charge in [-0.05, 0) is 36.8 Å². The predicted octanol–water partition coefficient (Wildman–Crippen LogP) is 3.20. The number of nitrogens with two attached hydrogens (primary N) is 1. The van der Waals surface area contributed by atoms with E-state index in [0.717, 1.165) is 29.0 Å². The first kappa shape index (κ1) is 12.5. The first-order valence-electron chi connectivity index (χ1n) is 4.87. The van der Waals surface area contributed by atoms with E-state index in [0.29, 0.717) is 0 Å². The number of hydrogen-bond donors (Lipinski definition) is 2. The zero-order valence-electron chi connectivity index (χ0n) is 9.07. The summed E-state index contributed by atoms with van der Waals surface area (Å²) in [6.45, 7) is 2.80. The number of halogens is 1. The zero-order valence-corrected chi connectivity index (χ0v) is 9.88. The van der Waals surface area contributed by atoms with Crippen molar-refractivity contribution in [2.75, 3.05) is 11.1 Å². The number of furan rings is 1. The van der Waals surface area contributed by atoms with E-state index in [9.17, 15) is 0 Å². The van der Waals surface area contributed by atoms with Crippen molar-refractivity contribution < 1.29 is 4.42 Å². The van der Waals surface area contributed by atoms with Crippen molar-refractivity contribution in [1.29, 1.82) is 0 Å². The molecule has 2 rings (SSSR count). The Hall–Kier alpha value is -1.61. The maximum absolute atomic E-state index is 5.68. The van der Waals surface area contributed by atoms with E-state index in [1.54, 1.807) is 12.5 Å². The van der Waals surface area contributed by atoms with Gasteiger partial charge in [0.1, 0.15) is 0 Å². The molecule has 2 aromatic rings. The van der Waals surface area contributed by atoms with Crippen LogP contribution in [0.25, 0.3) is 0 Å². The molecule has 1 aromatic carbocycles. The molecule has 0 bridgehead atoms. The molecule has 0 atom stereocenters. The highest BCUT2D eigenvalue weighted by Gasteiger charge is 1.99. The first-order valence-corrected chi connectivity index (χ1v) is 4.87. The van der Waals surface area contributed by atoms with Crippen LogP contribution < -0.4 is 11.1 Å². The van der Waals surface area contributed by atoms with Gasteiger partial charge in [-0.25, -0.2) is 0 Å². The van der Waals surface area contributed by atoms with E-state index in [2.05, 4.69) is 5.32 Å². The molecule has 16 heavy (non-hydrogen) atoms. The third-order valence-corrected chi connectivity index (χ3v) is 2.31. The van der Waals surface area contributed by atoms with Gasteiger partial charge in [0.15, 0.2) is 0 Å². The smallest absolute Gasteiger partial charge is 0.0952 e. The van der Waals surface area contributed by atoms with Crippen LogP contribution in [0.2, 0.25) is 0 Å². The van der Waals surface area contributed by atoms with Crippen molar-refractivity contribution in [3.05, 3.63) is 47.9 Å². The summed E-state index contributed by atoms with van der Waals surface area (Å²) in [6.07, 6.45) is 3.41. The highest BCUT2D eigenvalue weighted by atomic mass is 35.5. The van der Waals surface area contributed by atoms with Crippen LogP contribution in [0.1, 0.15) is 11.1 Å². The number of nitrogens with one attached hydrogen (secondary N) is 1. The van der Waals surface area contributed by atoms with Crippen LogP contribution in [0.5, 0.6) is 0 Å². The van der Waals surface area contributed by atoms with Crippen molar-refractivity contribution in [1.82, 2.24) is 0 Å². The van der Waals surface area contributed by atoms with E-state index >= 15 is 0 Å². The molecule has 3 nitrogen and oxygen atoms in total. The lowest BCUT2D eigenvalue weighted by Gasteiger charge is -2.08. The van der Waals surface area contributed by atoms with E-state index in [4.69, 9.17) is 10.2 Å². The topological polar surface area (TPSA) is 51.2 Å². The highest BCUT2D eigenvalue weighted by Crippen LogP contribution is 2.18. The summed E-state index contributed by atoms with van der Waals surface area (Å²) in [6, 6.07) is 7.78. The SMILES string of the molecule is Cc1cc(N)ccc1NCc1ccoc1.Cl. The van der Waals surface area contributed by atoms with Gasteiger partial charge < -0.3 is 15.5 Å². The predicted molar refractivity (Wildman–Crippen MR) is 68.9 cm³/mol. The summed E-state index contributed by atoms with van der Waals surface area (Å²) in [4.78, 5) is 0. The van der Waals surface area contributed by atoms with Crippen LogP contribution in [0, 0.1) is 6.92 Å². The Morgan fingerprint density at radius 2 is 2.12 bits per heavy atom. The van der Waals surface area contributed by atoms with Crippen LogP contribution in [-0.2, 0) is 6.54 Å². The van der Waals surface area contributed by atoms with Crippen molar-refractivity contribution in [2.45, 2.75) is 13.5 Å². The fourth-order valence-electron chi connectivity index (χ4n) is 1.48. The van der Waals surface area contributed by atoms with Crippen LogP contribution in [0.3, 0.4) is 0 Å². The van der Waals surface area contributed by atoms with E-state index in [-0.39, 0.29) is 12.4 Å². The average molecular weight is 239 g/mol. The van der Waals surface area contributed by atoms with Crippen LogP contribution in [-0.4, -0.2) is 0 Å². The Kier molecular flexibility index (Phi) is 4.26. The molecule has 0 aliphatic heterocycles. The number of anilines is 2. The molecule has 1 aromatic heterocycles. The number of aryl methyl sites for hydroxylation is 1. The van der Waals surface area contributed by atoms with Gasteiger partial charge >= 0.3 is 0 Å². The molecule has 3 N–H and O–H groups in total. The number of benzene rings is 1. The molecule has 0 unspecified atom stereocenters. The fourth-order valence-corrected chi connectivity index (χ4v) is 1.48. The van der Waals surface area contributed by atoms with Gasteiger partial charge in [0.2, 0.25) is 0 Å². The molecule has 0 saturated heterocycles. The van der Waals surface area contributed by atoms with Crippen LogP contribution >= 0.6 is 12.4 Å². The Morgan fingerprint density at radius 1 is 1.31 bits per heavy atom. The van der Waals surface area contributed by atoms with Gasteiger partial charge in [0, 0.05) is 23.5 Å². The van der Waals surface area contributed by atoms with Crippen molar-refractivity contribution in [3.63, 3.8) is 0 Å². The summed E-state index contributed by atoms with van der Waals surface area (Å²) in [5.41, 5.74) is 9.85. The largest absolute Gasteiger partial charge is 0.472 e. The third-order valence-electron chi connectivity index (χ3n) is 2.31. The maximum atomic E-state index is 5.68. The molecule has 0 radical (unpaired) electrons. The molecule has 0 amide bonds. The minimum Gasteiger partial charge on any atom is -0.472 e. The van der Waals surface area contributed by atoms with Crippen LogP contribution in [0.4, 0.5) is 11.4 Å². The minimum atomic E-state index is 0. The Morgan fingerprint density at radius 3 is 2.75 bits per heavy atom. The van der Waals surface area contributed by atoms with Gasteiger partial charge in [0.05, 0.1) is 12.5 Å². The zero-order chi connectivity index (χ0) is 10.7. The second-order valence-corrected chi connectivity index (χ2v) is 3.56. The molecule has 0 saturated carbocycles. The number of hydrogen-bond acceptors (Lipinski definition) is 3. The van der Waals surface area contributed by atoms with Gasteiger partial charge in [-0.15, -0.1) is 12.4 Å². The molecule has 4 heteroatoms. The van der Waals surface area contributed by atoms with E-state index in [1.807, 2.05) is 31.2 Å². The minimum absolute atomic E-state index is 0. The van der Waals surface area contributed by atoms with Crippen molar-refractivity contribution >= 4 is 23.8 Å². The molecule has 1 heterocycles. The number of rotatable bonds is 3. The Balaban J connectivity index is 0.00000128. The van der Waals surface area contributed by atoms with E-state index in [1.165, 1.54) is 0 Å². The molecule has 0 fully saturated rings. The van der Waals surface area contributed by atoms with Gasteiger partial charge in [0.25, 0.3) is 0 Å². The molecular formula is C12H15ClN2O. The summed E-state index contributed by atoms with van der Waals surface area (Å²) < 4.78 is 4.99. The Bertz CT molecular complexity index is 440. The molecule has 86 valence electrons. The molecule has 0 aliphatic carbocycles. The lowest BCUT2D eigenvalue weighted by atomic mass is 10.2. The van der Waals surface area contributed by atoms with Gasteiger partial charge in [-0.1, -0.05) is 0 Å². The van der Waals surface area contributed by atoms with Crippen LogP contribution in [0.15, 0.2) is 41.2 Å². The van der Waals surface area contributed by atoms with E-state index < -0.39 is 0 Å². The maximum Gasteiger partial charge on any atom is 0.0952 e.